The van der Waals surface area contributed by atoms with Crippen LogP contribution in [0.5, 0.6) is 0 Å². The van der Waals surface area contributed by atoms with Crippen LogP contribution in [0.15, 0.2) is 36.5 Å². The van der Waals surface area contributed by atoms with Gasteiger partial charge < -0.3 is 20.5 Å². The molecule has 2 heterocycles. The molecule has 2 aliphatic rings. The van der Waals surface area contributed by atoms with Crippen LogP contribution in [-0.2, 0) is 4.74 Å². The first kappa shape index (κ1) is 20.5. The van der Waals surface area contributed by atoms with E-state index in [0.717, 1.165) is 80.9 Å². The zero-order valence-electron chi connectivity index (χ0n) is 16.7. The summed E-state index contributed by atoms with van der Waals surface area (Å²) in [5, 5.41) is 17.4. The Bertz CT molecular complexity index is 802. The lowest BCUT2D eigenvalue weighted by atomic mass is 9.93. The number of hydrogen-bond acceptors (Lipinski definition) is 5. The number of aromatic nitrogens is 1. The van der Waals surface area contributed by atoms with Crippen LogP contribution in [0.4, 0.5) is 11.5 Å². The molecule has 2 aromatic rings. The number of pyridine rings is 1. The molecule has 0 unspecified atom stereocenters. The summed E-state index contributed by atoms with van der Waals surface area (Å²) in [6.45, 7) is 2.71. The van der Waals surface area contributed by atoms with E-state index in [0.29, 0.717) is 17.0 Å². The molecule has 0 bridgehead atoms. The highest BCUT2D eigenvalue weighted by molar-refractivity contribution is 6.33. The van der Waals surface area contributed by atoms with Gasteiger partial charge in [-0.15, -0.1) is 0 Å². The second kappa shape index (κ2) is 9.79. The normalized spacial score (nSPS) is 23.0. The lowest BCUT2D eigenvalue weighted by Crippen LogP contribution is -2.28. The maximum Gasteiger partial charge on any atom is 0.126 e. The van der Waals surface area contributed by atoms with Crippen molar-refractivity contribution in [1.82, 2.24) is 4.98 Å². The molecule has 4 rings (SSSR count). The van der Waals surface area contributed by atoms with Gasteiger partial charge in [-0.3, -0.25) is 0 Å². The van der Waals surface area contributed by atoms with E-state index in [4.69, 9.17) is 16.3 Å². The minimum absolute atomic E-state index is 0.154. The Hall–Kier alpha value is -1.82. The predicted molar refractivity (Wildman–Crippen MR) is 119 cm³/mol. The summed E-state index contributed by atoms with van der Waals surface area (Å²) in [4.78, 5) is 4.46. The molecule has 29 heavy (non-hydrogen) atoms. The van der Waals surface area contributed by atoms with E-state index in [-0.39, 0.29) is 6.10 Å². The standard InChI is InChI=1S/C23H30ClN3O2/c24-22-15-26-23(27-18-4-6-20(28)7-5-18)13-21(22)17-2-1-3-19(12-17)25-14-16-8-10-29-11-9-16/h1-3,12-13,15-16,18,20,25,28H,4-11,14H2,(H,26,27). The Morgan fingerprint density at radius 3 is 2.66 bits per heavy atom. The highest BCUT2D eigenvalue weighted by Gasteiger charge is 2.20. The third-order valence-electron chi connectivity index (χ3n) is 6.01. The van der Waals surface area contributed by atoms with Crippen molar-refractivity contribution < 1.29 is 9.84 Å². The van der Waals surface area contributed by atoms with Crippen molar-refractivity contribution in [2.45, 2.75) is 50.7 Å². The fourth-order valence-electron chi connectivity index (χ4n) is 4.18. The van der Waals surface area contributed by atoms with Gasteiger partial charge in [0.05, 0.1) is 11.1 Å². The van der Waals surface area contributed by atoms with E-state index in [1.807, 2.05) is 6.07 Å². The number of ether oxygens (including phenoxy) is 1. The van der Waals surface area contributed by atoms with Gasteiger partial charge in [0, 0.05) is 43.2 Å². The van der Waals surface area contributed by atoms with Crippen LogP contribution in [-0.4, -0.2) is 42.0 Å². The summed E-state index contributed by atoms with van der Waals surface area (Å²) in [6.07, 6.45) is 7.43. The number of aliphatic hydroxyl groups excluding tert-OH is 1. The number of aliphatic hydroxyl groups is 1. The topological polar surface area (TPSA) is 66.4 Å². The van der Waals surface area contributed by atoms with Crippen molar-refractivity contribution in [3.63, 3.8) is 0 Å². The maximum atomic E-state index is 9.70. The highest BCUT2D eigenvalue weighted by Crippen LogP contribution is 2.32. The SMILES string of the molecule is OC1CCC(Nc2cc(-c3cccc(NCC4CCOCC4)c3)c(Cl)cn2)CC1. The summed E-state index contributed by atoms with van der Waals surface area (Å²) in [7, 11) is 0. The number of hydrogen-bond donors (Lipinski definition) is 3. The zero-order chi connectivity index (χ0) is 20.1. The summed E-state index contributed by atoms with van der Waals surface area (Å²) in [5.41, 5.74) is 3.17. The lowest BCUT2D eigenvalue weighted by molar-refractivity contribution is 0.0699. The van der Waals surface area contributed by atoms with Crippen LogP contribution in [0.25, 0.3) is 11.1 Å². The van der Waals surface area contributed by atoms with Crippen LogP contribution in [0, 0.1) is 5.92 Å². The van der Waals surface area contributed by atoms with Crippen LogP contribution < -0.4 is 10.6 Å². The van der Waals surface area contributed by atoms with E-state index >= 15 is 0 Å². The fourth-order valence-corrected chi connectivity index (χ4v) is 4.39. The van der Waals surface area contributed by atoms with Crippen LogP contribution in [0.3, 0.4) is 0 Å². The average Bonchev–Trinajstić information content (AvgIpc) is 2.76. The van der Waals surface area contributed by atoms with Gasteiger partial charge in [0.15, 0.2) is 0 Å². The monoisotopic (exact) mass is 415 g/mol. The number of anilines is 2. The predicted octanol–water partition coefficient (Wildman–Crippen LogP) is 4.96. The van der Waals surface area contributed by atoms with Gasteiger partial charge in [-0.05, 0) is 68.2 Å². The van der Waals surface area contributed by atoms with E-state index in [1.165, 1.54) is 0 Å². The number of nitrogens with one attached hydrogen (secondary N) is 2. The Morgan fingerprint density at radius 1 is 1.07 bits per heavy atom. The fraction of sp³-hybridized carbons (Fsp3) is 0.522. The molecule has 6 heteroatoms. The first-order chi connectivity index (χ1) is 14.2. The molecule has 1 saturated carbocycles. The summed E-state index contributed by atoms with van der Waals surface area (Å²) >= 11 is 6.49. The number of nitrogens with zero attached hydrogens (tertiary/aromatic N) is 1. The molecule has 0 spiro atoms. The van der Waals surface area contributed by atoms with Crippen molar-refractivity contribution in [3.8, 4) is 11.1 Å². The van der Waals surface area contributed by atoms with Gasteiger partial charge in [-0.25, -0.2) is 4.98 Å². The Labute approximate surface area is 177 Å². The molecule has 3 N–H and O–H groups in total. The molecule has 5 nitrogen and oxygen atoms in total. The quantitative estimate of drug-likeness (QED) is 0.622. The van der Waals surface area contributed by atoms with Crippen LogP contribution in [0.2, 0.25) is 5.02 Å². The highest BCUT2D eigenvalue weighted by atomic mass is 35.5. The van der Waals surface area contributed by atoms with Gasteiger partial charge in [0.1, 0.15) is 5.82 Å². The summed E-state index contributed by atoms with van der Waals surface area (Å²) in [6, 6.07) is 10.8. The molecule has 2 fully saturated rings. The van der Waals surface area contributed by atoms with Crippen molar-refractivity contribution >= 4 is 23.1 Å². The molecular weight excluding hydrogens is 386 g/mol. The van der Waals surface area contributed by atoms with Crippen LogP contribution >= 0.6 is 11.6 Å². The zero-order valence-corrected chi connectivity index (χ0v) is 17.5. The molecular formula is C23H30ClN3O2. The second-order valence-corrected chi connectivity index (χ2v) is 8.62. The smallest absolute Gasteiger partial charge is 0.126 e. The van der Waals surface area contributed by atoms with Gasteiger partial charge >= 0.3 is 0 Å². The van der Waals surface area contributed by atoms with Crippen molar-refractivity contribution in [3.05, 3.63) is 41.6 Å². The van der Waals surface area contributed by atoms with E-state index in [2.05, 4.69) is 39.9 Å². The first-order valence-electron chi connectivity index (χ1n) is 10.7. The molecule has 1 saturated heterocycles. The van der Waals surface area contributed by atoms with Crippen molar-refractivity contribution in [2.75, 3.05) is 30.4 Å². The first-order valence-corrected chi connectivity index (χ1v) is 11.1. The van der Waals surface area contributed by atoms with Gasteiger partial charge in [-0.2, -0.15) is 0 Å². The van der Waals surface area contributed by atoms with Crippen molar-refractivity contribution in [2.24, 2.45) is 5.92 Å². The van der Waals surface area contributed by atoms with E-state index in [9.17, 15) is 5.11 Å². The molecule has 0 radical (unpaired) electrons. The molecule has 1 aromatic carbocycles. The molecule has 0 atom stereocenters. The van der Waals surface area contributed by atoms with Crippen LogP contribution in [0.1, 0.15) is 38.5 Å². The molecule has 1 aliphatic carbocycles. The molecule has 156 valence electrons. The average molecular weight is 416 g/mol. The lowest BCUT2D eigenvalue weighted by Gasteiger charge is -2.26. The summed E-state index contributed by atoms with van der Waals surface area (Å²) < 4.78 is 5.45. The minimum atomic E-state index is -0.154. The van der Waals surface area contributed by atoms with Gasteiger partial charge in [0.25, 0.3) is 0 Å². The van der Waals surface area contributed by atoms with E-state index in [1.54, 1.807) is 6.20 Å². The number of rotatable bonds is 6. The maximum absolute atomic E-state index is 9.70. The Balaban J connectivity index is 1.44. The molecule has 0 amide bonds. The number of benzene rings is 1. The Morgan fingerprint density at radius 2 is 1.86 bits per heavy atom. The number of halogens is 1. The third-order valence-corrected chi connectivity index (χ3v) is 6.31. The minimum Gasteiger partial charge on any atom is -0.393 e. The summed E-state index contributed by atoms with van der Waals surface area (Å²) in [5.74, 6) is 1.51. The second-order valence-electron chi connectivity index (χ2n) is 8.22. The van der Waals surface area contributed by atoms with Gasteiger partial charge in [0.2, 0.25) is 0 Å². The van der Waals surface area contributed by atoms with Crippen molar-refractivity contribution in [1.29, 1.82) is 0 Å². The largest absolute Gasteiger partial charge is 0.393 e. The van der Waals surface area contributed by atoms with E-state index < -0.39 is 0 Å². The molecule has 1 aromatic heterocycles. The third kappa shape index (κ3) is 5.62. The molecule has 1 aliphatic heterocycles. The Kier molecular flexibility index (Phi) is 6.90. The van der Waals surface area contributed by atoms with Gasteiger partial charge in [-0.1, -0.05) is 23.7 Å².